The summed E-state index contributed by atoms with van der Waals surface area (Å²) in [6.45, 7) is 0. The van der Waals surface area contributed by atoms with E-state index in [0.717, 1.165) is 6.07 Å². The number of methoxy groups -OCH3 is 1. The number of ether oxygens (including phenoxy) is 1. The third-order valence-corrected chi connectivity index (χ3v) is 2.18. The highest BCUT2D eigenvalue weighted by Gasteiger charge is 2.21. The summed E-state index contributed by atoms with van der Waals surface area (Å²) in [7, 11) is 1.27. The van der Waals surface area contributed by atoms with Crippen LogP contribution in [-0.2, 0) is 0 Å². The summed E-state index contributed by atoms with van der Waals surface area (Å²) in [6, 6.07) is 1.08. The van der Waals surface area contributed by atoms with Crippen LogP contribution in [0.1, 0.15) is 20.7 Å². The van der Waals surface area contributed by atoms with E-state index in [2.05, 4.69) is 0 Å². The van der Waals surface area contributed by atoms with Crippen molar-refractivity contribution < 1.29 is 24.5 Å². The number of carboxylic acids is 1. The number of halogens is 1. The van der Waals surface area contributed by atoms with E-state index in [0.29, 0.717) is 0 Å². The number of aromatic carboxylic acids is 1. The predicted octanol–water partition coefficient (Wildman–Crippen LogP) is 1.56. The van der Waals surface area contributed by atoms with Crippen molar-refractivity contribution >= 4 is 23.9 Å². The third kappa shape index (κ3) is 1.87. The number of rotatable bonds is 3. The zero-order chi connectivity index (χ0) is 11.6. The number of benzene rings is 1. The van der Waals surface area contributed by atoms with Gasteiger partial charge in [0, 0.05) is 6.07 Å². The van der Waals surface area contributed by atoms with Gasteiger partial charge in [-0.15, -0.1) is 0 Å². The molecule has 0 atom stereocenters. The number of carboxylic acid groups (broad SMARTS) is 1. The van der Waals surface area contributed by atoms with E-state index in [4.69, 9.17) is 21.4 Å². The van der Waals surface area contributed by atoms with E-state index < -0.39 is 17.3 Å². The normalized spacial score (nSPS) is 9.73. The summed E-state index contributed by atoms with van der Waals surface area (Å²) in [4.78, 5) is 21.4. The predicted molar refractivity (Wildman–Crippen MR) is 52.0 cm³/mol. The lowest BCUT2D eigenvalue weighted by Gasteiger charge is -2.09. The van der Waals surface area contributed by atoms with Crippen LogP contribution in [0.5, 0.6) is 11.5 Å². The molecule has 0 aromatic heterocycles. The Kier molecular flexibility index (Phi) is 3.16. The van der Waals surface area contributed by atoms with Crippen LogP contribution in [-0.4, -0.2) is 29.6 Å². The van der Waals surface area contributed by atoms with Gasteiger partial charge in [0.2, 0.25) is 0 Å². The lowest BCUT2D eigenvalue weighted by Crippen LogP contribution is -2.04. The second kappa shape index (κ2) is 4.18. The molecule has 80 valence electrons. The van der Waals surface area contributed by atoms with Gasteiger partial charge in [0.25, 0.3) is 0 Å². The smallest absolute Gasteiger partial charge is 0.338 e. The van der Waals surface area contributed by atoms with Gasteiger partial charge in [0.1, 0.15) is 11.5 Å². The van der Waals surface area contributed by atoms with E-state index in [1.54, 1.807) is 0 Å². The summed E-state index contributed by atoms with van der Waals surface area (Å²) in [5.41, 5.74) is -0.836. The highest BCUT2D eigenvalue weighted by Crippen LogP contribution is 2.35. The zero-order valence-corrected chi connectivity index (χ0v) is 8.41. The van der Waals surface area contributed by atoms with Crippen LogP contribution < -0.4 is 4.74 Å². The largest absolute Gasteiger partial charge is 0.507 e. The Morgan fingerprint density at radius 3 is 2.60 bits per heavy atom. The molecule has 0 spiro atoms. The Labute approximate surface area is 89.9 Å². The van der Waals surface area contributed by atoms with Crippen LogP contribution in [0.4, 0.5) is 0 Å². The Hall–Kier alpha value is -1.75. The number of phenols is 1. The average Bonchev–Trinajstić information content (AvgIpc) is 2.19. The molecular weight excluding hydrogens is 224 g/mol. The van der Waals surface area contributed by atoms with Gasteiger partial charge >= 0.3 is 5.97 Å². The molecule has 0 aliphatic carbocycles. The Morgan fingerprint density at radius 2 is 2.20 bits per heavy atom. The lowest BCUT2D eigenvalue weighted by atomic mass is 10.1. The first-order valence-electron chi connectivity index (χ1n) is 3.80. The van der Waals surface area contributed by atoms with Crippen LogP contribution in [0, 0.1) is 0 Å². The summed E-state index contributed by atoms with van der Waals surface area (Å²) in [6.07, 6.45) is 0.226. The summed E-state index contributed by atoms with van der Waals surface area (Å²) >= 11 is 5.68. The molecule has 1 aromatic rings. The van der Waals surface area contributed by atoms with Gasteiger partial charge in [0.15, 0.2) is 6.29 Å². The monoisotopic (exact) mass is 230 g/mol. The molecule has 6 heteroatoms. The van der Waals surface area contributed by atoms with E-state index in [1.165, 1.54) is 7.11 Å². The maximum Gasteiger partial charge on any atom is 0.338 e. The summed E-state index contributed by atoms with van der Waals surface area (Å²) in [5, 5.41) is 17.9. The molecule has 0 fully saturated rings. The molecule has 0 aliphatic rings. The van der Waals surface area contributed by atoms with Crippen LogP contribution in [0.2, 0.25) is 5.02 Å². The van der Waals surface area contributed by atoms with Crippen molar-refractivity contribution in [3.8, 4) is 11.5 Å². The number of carbonyl (C=O) groups is 2. The molecule has 0 heterocycles. The summed E-state index contributed by atoms with van der Waals surface area (Å²) in [5.74, 6) is -1.89. The van der Waals surface area contributed by atoms with Crippen LogP contribution in [0.3, 0.4) is 0 Å². The first-order chi connectivity index (χ1) is 7.02. The fraction of sp³-hybridized carbons (Fsp3) is 0.111. The van der Waals surface area contributed by atoms with Crippen molar-refractivity contribution in [1.82, 2.24) is 0 Å². The van der Waals surface area contributed by atoms with Gasteiger partial charge in [-0.25, -0.2) is 4.79 Å². The molecule has 2 N–H and O–H groups in total. The van der Waals surface area contributed by atoms with Gasteiger partial charge < -0.3 is 14.9 Å². The highest BCUT2D eigenvalue weighted by atomic mass is 35.5. The van der Waals surface area contributed by atoms with E-state index >= 15 is 0 Å². The van der Waals surface area contributed by atoms with Crippen LogP contribution in [0.15, 0.2) is 6.07 Å². The molecule has 5 nitrogen and oxygen atoms in total. The maximum absolute atomic E-state index is 10.8. The number of aldehydes is 1. The quantitative estimate of drug-likeness (QED) is 0.770. The van der Waals surface area contributed by atoms with Crippen molar-refractivity contribution in [2.45, 2.75) is 0 Å². The van der Waals surface area contributed by atoms with Crippen LogP contribution >= 0.6 is 11.6 Å². The number of hydrogen-bond acceptors (Lipinski definition) is 4. The van der Waals surface area contributed by atoms with Crippen molar-refractivity contribution in [2.24, 2.45) is 0 Å². The molecule has 0 bridgehead atoms. The van der Waals surface area contributed by atoms with Gasteiger partial charge in [-0.1, -0.05) is 11.6 Å². The van der Waals surface area contributed by atoms with Crippen LogP contribution in [0.25, 0.3) is 0 Å². The topological polar surface area (TPSA) is 83.8 Å². The Bertz CT molecular complexity index is 427. The fourth-order valence-electron chi connectivity index (χ4n) is 1.11. The van der Waals surface area contributed by atoms with Gasteiger partial charge in [-0.3, -0.25) is 4.79 Å². The molecule has 0 aliphatic heterocycles. The molecular formula is C9H7ClO5. The number of hydrogen-bond donors (Lipinski definition) is 2. The Morgan fingerprint density at radius 1 is 1.60 bits per heavy atom. The van der Waals surface area contributed by atoms with E-state index in [1.807, 2.05) is 0 Å². The molecule has 15 heavy (non-hydrogen) atoms. The SMILES string of the molecule is COc1cc(O)c(C=O)c(C(=O)O)c1Cl. The van der Waals surface area contributed by atoms with Crippen molar-refractivity contribution in [3.05, 3.63) is 22.2 Å². The summed E-state index contributed by atoms with van der Waals surface area (Å²) < 4.78 is 4.74. The third-order valence-electron chi connectivity index (χ3n) is 1.80. The Balaban J connectivity index is 3.62. The molecule has 0 radical (unpaired) electrons. The first kappa shape index (κ1) is 11.3. The standard InChI is InChI=1S/C9H7ClO5/c1-15-6-2-5(12)4(3-11)7(8(6)10)9(13)14/h2-3,12H,1H3,(H,13,14). The zero-order valence-electron chi connectivity index (χ0n) is 7.65. The van der Waals surface area contributed by atoms with Gasteiger partial charge in [-0.05, 0) is 0 Å². The molecule has 0 saturated heterocycles. The average molecular weight is 231 g/mol. The van der Waals surface area contributed by atoms with Crippen molar-refractivity contribution in [2.75, 3.05) is 7.11 Å². The first-order valence-corrected chi connectivity index (χ1v) is 4.18. The second-order valence-corrected chi connectivity index (χ2v) is 3.00. The van der Waals surface area contributed by atoms with Crippen molar-refractivity contribution in [3.63, 3.8) is 0 Å². The molecule has 0 amide bonds. The van der Waals surface area contributed by atoms with Gasteiger partial charge in [0.05, 0.1) is 23.3 Å². The molecule has 1 rings (SSSR count). The maximum atomic E-state index is 10.8. The minimum Gasteiger partial charge on any atom is -0.507 e. The van der Waals surface area contributed by atoms with Crippen molar-refractivity contribution in [1.29, 1.82) is 0 Å². The number of carbonyl (C=O) groups excluding carboxylic acids is 1. The molecule has 0 unspecified atom stereocenters. The lowest BCUT2D eigenvalue weighted by molar-refractivity contribution is 0.0693. The fourth-order valence-corrected chi connectivity index (χ4v) is 1.43. The van der Waals surface area contributed by atoms with Gasteiger partial charge in [-0.2, -0.15) is 0 Å². The van der Waals surface area contributed by atoms with E-state index in [9.17, 15) is 14.7 Å². The number of phenolic OH excluding ortho intramolecular Hbond substituents is 1. The highest BCUT2D eigenvalue weighted by molar-refractivity contribution is 6.35. The second-order valence-electron chi connectivity index (χ2n) is 2.62. The minimum absolute atomic E-state index is 0.00262. The minimum atomic E-state index is -1.41. The molecule has 0 saturated carbocycles. The van der Waals surface area contributed by atoms with E-state index in [-0.39, 0.29) is 22.6 Å². The number of aromatic hydroxyl groups is 1. The molecule has 1 aromatic carbocycles.